The maximum Gasteiger partial charge on any atom is 0.194 e. The molecule has 2 aliphatic rings. The second-order valence-corrected chi connectivity index (χ2v) is 6.09. The Kier molecular flexibility index (Phi) is 2.68. The van der Waals surface area contributed by atoms with Crippen molar-refractivity contribution >= 4 is 0 Å². The fraction of sp³-hybridized carbons (Fsp3) is 0.600. The number of hydrogen-bond donors (Lipinski definition) is 0. The molecule has 3 rings (SSSR count). The van der Waals surface area contributed by atoms with Gasteiger partial charge in [0.05, 0.1) is 0 Å². The Balaban J connectivity index is 1.69. The summed E-state index contributed by atoms with van der Waals surface area (Å²) in [5.41, 5.74) is 1.06. The topological polar surface area (TPSA) is 0 Å². The third-order valence-corrected chi connectivity index (χ3v) is 4.86. The van der Waals surface area contributed by atoms with Crippen LogP contribution < -0.4 is 0 Å². The summed E-state index contributed by atoms with van der Waals surface area (Å²) in [4.78, 5) is 0. The highest BCUT2D eigenvalue weighted by Gasteiger charge is 2.52. The van der Waals surface area contributed by atoms with Gasteiger partial charge in [0.1, 0.15) is 0 Å². The number of benzene rings is 1. The maximum absolute atomic E-state index is 13.2. The zero-order chi connectivity index (χ0) is 12.9. The van der Waals surface area contributed by atoms with E-state index in [9.17, 15) is 13.2 Å². The van der Waals surface area contributed by atoms with Crippen molar-refractivity contribution in [1.29, 1.82) is 0 Å². The average molecular weight is 254 g/mol. The zero-order valence-corrected chi connectivity index (χ0v) is 10.5. The Hall–Kier alpha value is -0.990. The SMILES string of the molecule is CCC1CC2(C1)CC(c1cc(F)c(F)c(F)c1)C2. The minimum absolute atomic E-state index is 0.215. The molecule has 1 aromatic rings. The molecule has 0 radical (unpaired) electrons. The molecule has 2 aliphatic carbocycles. The van der Waals surface area contributed by atoms with Crippen molar-refractivity contribution in [2.45, 2.75) is 44.9 Å². The number of hydrogen-bond acceptors (Lipinski definition) is 0. The first-order valence-corrected chi connectivity index (χ1v) is 6.67. The molecule has 0 heterocycles. The van der Waals surface area contributed by atoms with E-state index in [2.05, 4.69) is 6.92 Å². The van der Waals surface area contributed by atoms with Gasteiger partial charge in [0.2, 0.25) is 0 Å². The van der Waals surface area contributed by atoms with Gasteiger partial charge in [-0.3, -0.25) is 0 Å². The van der Waals surface area contributed by atoms with E-state index >= 15 is 0 Å². The molecule has 0 unspecified atom stereocenters. The fourth-order valence-corrected chi connectivity index (χ4v) is 3.82. The van der Waals surface area contributed by atoms with Crippen LogP contribution in [0, 0.1) is 28.8 Å². The third-order valence-electron chi connectivity index (χ3n) is 4.86. The molecule has 98 valence electrons. The molecule has 18 heavy (non-hydrogen) atoms. The van der Waals surface area contributed by atoms with Crippen LogP contribution in [0.3, 0.4) is 0 Å². The first kappa shape index (κ1) is 12.1. The van der Waals surface area contributed by atoms with Gasteiger partial charge in [0.25, 0.3) is 0 Å². The highest BCUT2D eigenvalue weighted by molar-refractivity contribution is 5.27. The molecule has 2 saturated carbocycles. The lowest BCUT2D eigenvalue weighted by atomic mass is 9.47. The van der Waals surface area contributed by atoms with Crippen molar-refractivity contribution in [2.75, 3.05) is 0 Å². The summed E-state index contributed by atoms with van der Waals surface area (Å²) in [5, 5.41) is 0. The quantitative estimate of drug-likeness (QED) is 0.666. The van der Waals surface area contributed by atoms with Gasteiger partial charge >= 0.3 is 0 Å². The largest absolute Gasteiger partial charge is 0.204 e. The second kappa shape index (κ2) is 4.01. The fourth-order valence-electron chi connectivity index (χ4n) is 3.82. The van der Waals surface area contributed by atoms with Crippen molar-refractivity contribution in [3.05, 3.63) is 35.1 Å². The highest BCUT2D eigenvalue weighted by atomic mass is 19.2. The highest BCUT2D eigenvalue weighted by Crippen LogP contribution is 2.64. The van der Waals surface area contributed by atoms with Gasteiger partial charge in [-0.15, -0.1) is 0 Å². The van der Waals surface area contributed by atoms with Crippen LogP contribution >= 0.6 is 0 Å². The number of halogens is 3. The summed E-state index contributed by atoms with van der Waals surface area (Å²) < 4.78 is 39.2. The van der Waals surface area contributed by atoms with Gasteiger partial charge in [-0.2, -0.15) is 0 Å². The van der Waals surface area contributed by atoms with Crippen LogP contribution in [-0.2, 0) is 0 Å². The van der Waals surface area contributed by atoms with Crippen LogP contribution in [0.4, 0.5) is 13.2 Å². The van der Waals surface area contributed by atoms with E-state index in [1.54, 1.807) is 0 Å². The Morgan fingerprint density at radius 2 is 1.61 bits per heavy atom. The Morgan fingerprint density at radius 3 is 2.11 bits per heavy atom. The van der Waals surface area contributed by atoms with Gasteiger partial charge in [-0.25, -0.2) is 13.2 Å². The van der Waals surface area contributed by atoms with E-state index in [1.807, 2.05) is 0 Å². The van der Waals surface area contributed by atoms with Crippen molar-refractivity contribution in [1.82, 2.24) is 0 Å². The van der Waals surface area contributed by atoms with E-state index in [0.717, 1.165) is 30.9 Å². The Bertz CT molecular complexity index is 444. The molecule has 1 spiro atoms. The summed E-state index contributed by atoms with van der Waals surface area (Å²) in [6.45, 7) is 2.21. The molecule has 3 heteroatoms. The molecular weight excluding hydrogens is 237 g/mol. The minimum Gasteiger partial charge on any atom is -0.204 e. The maximum atomic E-state index is 13.2. The predicted molar refractivity (Wildman–Crippen MR) is 63.7 cm³/mol. The predicted octanol–water partition coefficient (Wildman–Crippen LogP) is 4.79. The van der Waals surface area contributed by atoms with Gasteiger partial charge in [0, 0.05) is 0 Å². The average Bonchev–Trinajstić information content (AvgIpc) is 2.22. The van der Waals surface area contributed by atoms with Crippen LogP contribution in [0.25, 0.3) is 0 Å². The molecule has 0 aliphatic heterocycles. The molecule has 0 saturated heterocycles. The summed E-state index contributed by atoms with van der Waals surface area (Å²) >= 11 is 0. The molecule has 0 bridgehead atoms. The molecule has 0 aromatic heterocycles. The molecule has 1 aromatic carbocycles. The molecular formula is C15H17F3. The first-order chi connectivity index (χ1) is 8.53. The van der Waals surface area contributed by atoms with Crippen molar-refractivity contribution < 1.29 is 13.2 Å². The monoisotopic (exact) mass is 254 g/mol. The Labute approximate surface area is 105 Å². The van der Waals surface area contributed by atoms with Gasteiger partial charge in [0.15, 0.2) is 17.5 Å². The summed E-state index contributed by atoms with van der Waals surface area (Å²) in [6.07, 6.45) is 5.76. The normalized spacial score (nSPS) is 34.2. The standard InChI is InChI=1S/C15H17F3/c1-2-9-5-15(6-9)7-11(8-15)10-3-12(16)14(18)13(17)4-10/h3-4,9,11H,2,5-8H2,1H3. The third kappa shape index (κ3) is 1.75. The summed E-state index contributed by atoms with van der Waals surface area (Å²) in [5.74, 6) is -2.43. The second-order valence-electron chi connectivity index (χ2n) is 6.09. The summed E-state index contributed by atoms with van der Waals surface area (Å²) in [6, 6.07) is 2.32. The molecule has 0 nitrogen and oxygen atoms in total. The van der Waals surface area contributed by atoms with Crippen LogP contribution in [0.15, 0.2) is 12.1 Å². The molecule has 0 atom stereocenters. The lowest BCUT2D eigenvalue weighted by Crippen LogP contribution is -2.46. The lowest BCUT2D eigenvalue weighted by molar-refractivity contribution is -0.0428. The van der Waals surface area contributed by atoms with Crippen LogP contribution in [0.2, 0.25) is 0 Å². The molecule has 0 amide bonds. The van der Waals surface area contributed by atoms with Crippen LogP contribution in [0.5, 0.6) is 0 Å². The van der Waals surface area contributed by atoms with E-state index in [0.29, 0.717) is 11.0 Å². The van der Waals surface area contributed by atoms with Crippen LogP contribution in [-0.4, -0.2) is 0 Å². The summed E-state index contributed by atoms with van der Waals surface area (Å²) in [7, 11) is 0. The van der Waals surface area contributed by atoms with Crippen molar-refractivity contribution in [3.63, 3.8) is 0 Å². The minimum atomic E-state index is -1.36. The van der Waals surface area contributed by atoms with Crippen LogP contribution in [0.1, 0.15) is 50.5 Å². The van der Waals surface area contributed by atoms with E-state index in [1.165, 1.54) is 19.3 Å². The van der Waals surface area contributed by atoms with E-state index in [4.69, 9.17) is 0 Å². The molecule has 0 N–H and O–H groups in total. The number of rotatable bonds is 2. The Morgan fingerprint density at radius 1 is 1.06 bits per heavy atom. The zero-order valence-electron chi connectivity index (χ0n) is 10.5. The smallest absolute Gasteiger partial charge is 0.194 e. The van der Waals surface area contributed by atoms with Gasteiger partial charge in [-0.1, -0.05) is 13.3 Å². The first-order valence-electron chi connectivity index (χ1n) is 6.67. The van der Waals surface area contributed by atoms with Gasteiger partial charge in [-0.05, 0) is 60.6 Å². The lowest BCUT2D eigenvalue weighted by Gasteiger charge is -2.58. The van der Waals surface area contributed by atoms with E-state index in [-0.39, 0.29) is 5.92 Å². The van der Waals surface area contributed by atoms with Gasteiger partial charge < -0.3 is 0 Å². The molecule has 2 fully saturated rings. The van der Waals surface area contributed by atoms with Crippen molar-refractivity contribution in [2.24, 2.45) is 11.3 Å². The van der Waals surface area contributed by atoms with E-state index < -0.39 is 17.5 Å². The van der Waals surface area contributed by atoms with Crippen molar-refractivity contribution in [3.8, 4) is 0 Å².